The topological polar surface area (TPSA) is 23.6 Å². The van der Waals surface area contributed by atoms with Gasteiger partial charge in [0.05, 0.1) is 8.66 Å². The Bertz CT molecular complexity index is 448. The summed E-state index contributed by atoms with van der Waals surface area (Å²) < 4.78 is 1.03. The van der Waals surface area contributed by atoms with Gasteiger partial charge in [-0.15, -0.1) is 11.3 Å². The predicted molar refractivity (Wildman–Crippen MR) is 81.8 cm³/mol. The molecule has 0 unspecified atom stereocenters. The maximum absolute atomic E-state index is 12.3. The third kappa shape index (κ3) is 3.03. The van der Waals surface area contributed by atoms with Crippen LogP contribution in [0.2, 0.25) is 0 Å². The van der Waals surface area contributed by atoms with Gasteiger partial charge in [0.2, 0.25) is 0 Å². The van der Waals surface area contributed by atoms with Gasteiger partial charge in [-0.3, -0.25) is 4.79 Å². The van der Waals surface area contributed by atoms with E-state index >= 15 is 0 Å². The Labute approximate surface area is 126 Å². The van der Waals surface area contributed by atoms with Crippen LogP contribution in [-0.2, 0) is 0 Å². The lowest BCUT2D eigenvalue weighted by molar-refractivity contribution is 0.0649. The molecule has 3 rings (SSSR count). The molecule has 2 fully saturated rings. The van der Waals surface area contributed by atoms with Crippen LogP contribution < -0.4 is 0 Å². The van der Waals surface area contributed by atoms with Crippen LogP contribution in [0.1, 0.15) is 35.4 Å². The fourth-order valence-electron chi connectivity index (χ4n) is 3.13. The largest absolute Gasteiger partial charge is 0.338 e. The predicted octanol–water partition coefficient (Wildman–Crippen LogP) is 3.21. The monoisotopic (exact) mass is 342 g/mol. The number of thiophene rings is 1. The van der Waals surface area contributed by atoms with Crippen LogP contribution >= 0.6 is 27.3 Å². The van der Waals surface area contributed by atoms with Crippen LogP contribution in [0.4, 0.5) is 0 Å². The first-order valence-electron chi connectivity index (χ1n) is 7.03. The molecule has 0 atom stereocenters. The maximum atomic E-state index is 12.3. The Hall–Kier alpha value is -0.390. The van der Waals surface area contributed by atoms with Gasteiger partial charge in [-0.2, -0.15) is 0 Å². The van der Waals surface area contributed by atoms with Gasteiger partial charge < -0.3 is 9.80 Å². The number of carbonyl (C=O) groups excluding carboxylic acids is 1. The molecule has 5 heteroatoms. The highest BCUT2D eigenvalue weighted by Crippen LogP contribution is 2.26. The molecule has 0 spiro atoms. The summed E-state index contributed by atoms with van der Waals surface area (Å²) in [7, 11) is 0. The summed E-state index contributed by atoms with van der Waals surface area (Å²) in [5, 5.41) is 0. The number of rotatable bonds is 2. The van der Waals surface area contributed by atoms with E-state index in [1.54, 1.807) is 0 Å². The van der Waals surface area contributed by atoms with E-state index in [4.69, 9.17) is 0 Å². The lowest BCUT2D eigenvalue weighted by Crippen LogP contribution is -2.45. The van der Waals surface area contributed by atoms with Crippen LogP contribution in [0, 0.1) is 0 Å². The van der Waals surface area contributed by atoms with E-state index in [1.807, 2.05) is 17.0 Å². The molecule has 0 radical (unpaired) electrons. The number of hydrogen-bond donors (Lipinski definition) is 0. The molecular weight excluding hydrogens is 324 g/mol. The molecule has 0 aliphatic carbocycles. The van der Waals surface area contributed by atoms with Crippen molar-refractivity contribution in [2.75, 3.05) is 26.2 Å². The van der Waals surface area contributed by atoms with Gasteiger partial charge in [0.15, 0.2) is 0 Å². The molecule has 3 nitrogen and oxygen atoms in total. The quantitative estimate of drug-likeness (QED) is 0.823. The maximum Gasteiger partial charge on any atom is 0.263 e. The average molecular weight is 343 g/mol. The van der Waals surface area contributed by atoms with E-state index in [-0.39, 0.29) is 5.91 Å². The lowest BCUT2D eigenvalue weighted by Gasteiger charge is -2.36. The van der Waals surface area contributed by atoms with Crippen molar-refractivity contribution in [3.63, 3.8) is 0 Å². The minimum atomic E-state index is 0.204. The first-order valence-corrected chi connectivity index (χ1v) is 8.63. The van der Waals surface area contributed by atoms with Crippen molar-refractivity contribution in [2.45, 2.75) is 31.7 Å². The van der Waals surface area contributed by atoms with Crippen LogP contribution in [0.25, 0.3) is 0 Å². The van der Waals surface area contributed by atoms with Crippen molar-refractivity contribution in [2.24, 2.45) is 0 Å². The Balaban J connectivity index is 1.56. The van der Waals surface area contributed by atoms with Gasteiger partial charge in [-0.25, -0.2) is 0 Å². The zero-order valence-electron chi connectivity index (χ0n) is 11.0. The molecule has 1 aromatic heterocycles. The highest BCUT2D eigenvalue weighted by Gasteiger charge is 2.28. The minimum absolute atomic E-state index is 0.204. The van der Waals surface area contributed by atoms with E-state index in [0.29, 0.717) is 6.04 Å². The molecule has 2 saturated heterocycles. The Morgan fingerprint density at radius 3 is 2.42 bits per heavy atom. The summed E-state index contributed by atoms with van der Waals surface area (Å²) in [4.78, 5) is 17.8. The number of nitrogens with zero attached hydrogens (tertiary/aromatic N) is 2. The van der Waals surface area contributed by atoms with E-state index in [2.05, 4.69) is 20.8 Å². The number of hydrogen-bond acceptors (Lipinski definition) is 3. The zero-order valence-corrected chi connectivity index (χ0v) is 13.4. The minimum Gasteiger partial charge on any atom is -0.338 e. The molecule has 104 valence electrons. The summed E-state index contributed by atoms with van der Waals surface area (Å²) in [6, 6.07) is 4.58. The van der Waals surface area contributed by atoms with Gasteiger partial charge in [-0.05, 0) is 66.8 Å². The molecule has 2 aliphatic rings. The first kappa shape index (κ1) is 13.6. The summed E-state index contributed by atoms with van der Waals surface area (Å²) in [5.74, 6) is 0.204. The van der Waals surface area contributed by atoms with Gasteiger partial charge in [0.25, 0.3) is 5.91 Å². The van der Waals surface area contributed by atoms with Crippen molar-refractivity contribution in [3.05, 3.63) is 20.8 Å². The van der Waals surface area contributed by atoms with Crippen molar-refractivity contribution >= 4 is 33.2 Å². The molecule has 0 aromatic carbocycles. The van der Waals surface area contributed by atoms with E-state index in [0.717, 1.165) is 34.6 Å². The normalized spacial score (nSPS) is 22.1. The SMILES string of the molecule is O=C(c1ccc(Br)s1)N1CCC(N2CCCC2)CC1. The molecule has 3 heterocycles. The Morgan fingerprint density at radius 2 is 1.84 bits per heavy atom. The molecule has 1 amide bonds. The van der Waals surface area contributed by atoms with Crippen LogP contribution in [-0.4, -0.2) is 47.9 Å². The Kier molecular flexibility index (Phi) is 4.24. The second-order valence-electron chi connectivity index (χ2n) is 5.37. The second kappa shape index (κ2) is 5.94. The van der Waals surface area contributed by atoms with Crippen LogP contribution in [0.3, 0.4) is 0 Å². The summed E-state index contributed by atoms with van der Waals surface area (Å²) in [5.41, 5.74) is 0. The summed E-state index contributed by atoms with van der Waals surface area (Å²) >= 11 is 4.95. The number of carbonyl (C=O) groups is 1. The van der Waals surface area contributed by atoms with E-state index in [9.17, 15) is 4.79 Å². The molecule has 2 aliphatic heterocycles. The summed E-state index contributed by atoms with van der Waals surface area (Å²) in [6.45, 7) is 4.35. The van der Waals surface area contributed by atoms with Gasteiger partial charge in [0.1, 0.15) is 0 Å². The fraction of sp³-hybridized carbons (Fsp3) is 0.643. The number of likely N-dealkylation sites (tertiary alicyclic amines) is 2. The van der Waals surface area contributed by atoms with Crippen molar-refractivity contribution in [1.82, 2.24) is 9.80 Å². The summed E-state index contributed by atoms with van der Waals surface area (Å²) in [6.07, 6.45) is 4.97. The van der Waals surface area contributed by atoms with E-state index < -0.39 is 0 Å². The molecule has 0 saturated carbocycles. The third-order valence-electron chi connectivity index (χ3n) is 4.19. The van der Waals surface area contributed by atoms with Crippen molar-refractivity contribution in [1.29, 1.82) is 0 Å². The number of piperidine rings is 1. The molecule has 19 heavy (non-hydrogen) atoms. The number of amides is 1. The standard InChI is InChI=1S/C14H19BrN2OS/c15-13-4-3-12(19-13)14(18)17-9-5-11(6-10-17)16-7-1-2-8-16/h3-4,11H,1-2,5-10H2. The van der Waals surface area contributed by atoms with Crippen molar-refractivity contribution in [3.8, 4) is 0 Å². The zero-order chi connectivity index (χ0) is 13.2. The highest BCUT2D eigenvalue weighted by molar-refractivity contribution is 9.11. The highest BCUT2D eigenvalue weighted by atomic mass is 79.9. The molecule has 1 aromatic rings. The van der Waals surface area contributed by atoms with Crippen LogP contribution in [0.15, 0.2) is 15.9 Å². The van der Waals surface area contributed by atoms with E-state index in [1.165, 1.54) is 37.3 Å². The van der Waals surface area contributed by atoms with Crippen LogP contribution in [0.5, 0.6) is 0 Å². The third-order valence-corrected chi connectivity index (χ3v) is 5.80. The lowest BCUT2D eigenvalue weighted by atomic mass is 10.0. The number of halogens is 1. The van der Waals surface area contributed by atoms with Crippen molar-refractivity contribution < 1.29 is 4.79 Å². The molecule has 0 N–H and O–H groups in total. The molecule has 0 bridgehead atoms. The Morgan fingerprint density at radius 1 is 1.16 bits per heavy atom. The second-order valence-corrected chi connectivity index (χ2v) is 7.83. The smallest absolute Gasteiger partial charge is 0.263 e. The average Bonchev–Trinajstić information content (AvgIpc) is 3.09. The fourth-order valence-corrected chi connectivity index (χ4v) is 4.48. The van der Waals surface area contributed by atoms with Gasteiger partial charge in [-0.1, -0.05) is 0 Å². The molecular formula is C14H19BrN2OS. The van der Waals surface area contributed by atoms with Gasteiger partial charge >= 0.3 is 0 Å². The first-order chi connectivity index (χ1) is 9.24. The van der Waals surface area contributed by atoms with Gasteiger partial charge in [0, 0.05) is 19.1 Å².